The van der Waals surface area contributed by atoms with E-state index < -0.39 is 0 Å². The molecule has 96 valence electrons. The summed E-state index contributed by atoms with van der Waals surface area (Å²) in [6.07, 6.45) is 2.33. The van der Waals surface area contributed by atoms with Crippen LogP contribution in [0.25, 0.3) is 11.6 Å². The lowest BCUT2D eigenvalue weighted by atomic mass is 9.78. The fraction of sp³-hybridized carbons (Fsp3) is 0.176. The number of hydrogen-bond acceptors (Lipinski definition) is 0. The van der Waals surface area contributed by atoms with Crippen molar-refractivity contribution in [3.8, 4) is 0 Å². The van der Waals surface area contributed by atoms with Crippen LogP contribution in [-0.2, 0) is 5.41 Å². The molecule has 0 N–H and O–H groups in total. The summed E-state index contributed by atoms with van der Waals surface area (Å²) in [6.45, 7) is 0. The zero-order valence-electron chi connectivity index (χ0n) is 10.4. The second kappa shape index (κ2) is 5.26. The van der Waals surface area contributed by atoms with Gasteiger partial charge in [0.05, 0.1) is 0 Å². The predicted molar refractivity (Wildman–Crippen MR) is 90.0 cm³/mol. The van der Waals surface area contributed by atoms with E-state index >= 15 is 0 Å². The molecular weight excluding hydrogens is 364 g/mol. The Morgan fingerprint density at radius 2 is 1.42 bits per heavy atom. The highest BCUT2D eigenvalue weighted by molar-refractivity contribution is 9.09. The number of fused-ring (bicyclic) bond motifs is 1. The van der Waals surface area contributed by atoms with Gasteiger partial charge in [-0.1, -0.05) is 86.5 Å². The molecule has 0 saturated heterocycles. The summed E-state index contributed by atoms with van der Waals surface area (Å²) >= 11 is 7.46. The highest BCUT2D eigenvalue weighted by Crippen LogP contribution is 2.48. The predicted octanol–water partition coefficient (Wildman–Crippen LogP) is 5.27. The van der Waals surface area contributed by atoms with Crippen LogP contribution in [-0.4, -0.2) is 10.7 Å². The number of halogens is 2. The zero-order chi connectivity index (χ0) is 13.3. The first-order valence-electron chi connectivity index (χ1n) is 6.31. The van der Waals surface area contributed by atoms with Gasteiger partial charge < -0.3 is 0 Å². The average molecular weight is 378 g/mol. The molecular formula is C17H14Br2. The third-order valence-electron chi connectivity index (χ3n) is 3.83. The lowest BCUT2D eigenvalue weighted by molar-refractivity contribution is 0.742. The fourth-order valence-corrected chi connectivity index (χ4v) is 4.94. The van der Waals surface area contributed by atoms with Gasteiger partial charge in [0, 0.05) is 16.1 Å². The van der Waals surface area contributed by atoms with E-state index in [2.05, 4.69) is 92.5 Å². The van der Waals surface area contributed by atoms with Gasteiger partial charge >= 0.3 is 0 Å². The summed E-state index contributed by atoms with van der Waals surface area (Å²) < 4.78 is 0. The van der Waals surface area contributed by atoms with Crippen LogP contribution in [0.2, 0.25) is 0 Å². The normalized spacial score (nSPS) is 16.0. The lowest BCUT2D eigenvalue weighted by Crippen LogP contribution is -2.29. The first-order chi connectivity index (χ1) is 9.31. The van der Waals surface area contributed by atoms with Gasteiger partial charge in [-0.2, -0.15) is 0 Å². The third kappa shape index (κ3) is 2.02. The molecule has 2 aromatic carbocycles. The maximum atomic E-state index is 3.73. The molecule has 2 heteroatoms. The Bertz CT molecular complexity index is 610. The van der Waals surface area contributed by atoms with Gasteiger partial charge in [0.1, 0.15) is 0 Å². The van der Waals surface area contributed by atoms with Gasteiger partial charge in [-0.15, -0.1) is 0 Å². The lowest BCUT2D eigenvalue weighted by Gasteiger charge is -2.30. The van der Waals surface area contributed by atoms with Crippen molar-refractivity contribution >= 4 is 43.5 Å². The summed E-state index contributed by atoms with van der Waals surface area (Å²) in [5, 5.41) is 1.84. The van der Waals surface area contributed by atoms with E-state index in [9.17, 15) is 0 Å². The summed E-state index contributed by atoms with van der Waals surface area (Å²) in [5.41, 5.74) is 5.46. The molecule has 0 fully saturated rings. The van der Waals surface area contributed by atoms with Crippen LogP contribution in [0.4, 0.5) is 0 Å². The first kappa shape index (κ1) is 13.1. The highest BCUT2D eigenvalue weighted by atomic mass is 79.9. The van der Waals surface area contributed by atoms with Crippen LogP contribution in [0.5, 0.6) is 0 Å². The van der Waals surface area contributed by atoms with E-state index in [1.165, 1.54) is 22.3 Å². The molecule has 0 aromatic heterocycles. The van der Waals surface area contributed by atoms with Crippen molar-refractivity contribution in [2.45, 2.75) is 5.41 Å². The molecule has 3 rings (SSSR count). The molecule has 0 heterocycles. The molecule has 19 heavy (non-hydrogen) atoms. The van der Waals surface area contributed by atoms with E-state index in [0.717, 1.165) is 10.7 Å². The number of alkyl halides is 2. The Labute approximate surface area is 130 Å². The molecule has 0 spiro atoms. The topological polar surface area (TPSA) is 0 Å². The first-order valence-corrected chi connectivity index (χ1v) is 8.55. The van der Waals surface area contributed by atoms with Crippen molar-refractivity contribution in [2.75, 3.05) is 10.7 Å². The largest absolute Gasteiger partial charge is 0.0914 e. The standard InChI is InChI=1S/C17H14Br2/c18-11-17(12-19)15-9-5-4-8-14(15)10-16(17)13-6-2-1-3-7-13/h1-10H,11-12H2. The van der Waals surface area contributed by atoms with E-state index in [-0.39, 0.29) is 5.41 Å². The number of benzene rings is 2. The maximum Gasteiger partial charge on any atom is 0.0408 e. The Morgan fingerprint density at radius 1 is 0.789 bits per heavy atom. The quantitative estimate of drug-likeness (QED) is 0.639. The van der Waals surface area contributed by atoms with Gasteiger partial charge in [0.15, 0.2) is 0 Å². The molecule has 1 aliphatic carbocycles. The zero-order valence-corrected chi connectivity index (χ0v) is 13.6. The average Bonchev–Trinajstić information content (AvgIpc) is 2.83. The highest BCUT2D eigenvalue weighted by Gasteiger charge is 2.40. The van der Waals surface area contributed by atoms with E-state index in [1.54, 1.807) is 0 Å². The van der Waals surface area contributed by atoms with Gasteiger partial charge in [0.2, 0.25) is 0 Å². The van der Waals surface area contributed by atoms with Crippen LogP contribution in [0.15, 0.2) is 54.6 Å². The van der Waals surface area contributed by atoms with Crippen LogP contribution in [0.1, 0.15) is 16.7 Å². The third-order valence-corrected chi connectivity index (χ3v) is 5.75. The summed E-state index contributed by atoms with van der Waals surface area (Å²) in [4.78, 5) is 0. The van der Waals surface area contributed by atoms with Crippen molar-refractivity contribution in [3.05, 3.63) is 71.3 Å². The minimum absolute atomic E-state index is 0.0257. The Hall–Kier alpha value is -0.860. The van der Waals surface area contributed by atoms with Crippen molar-refractivity contribution < 1.29 is 0 Å². The minimum atomic E-state index is 0.0257. The van der Waals surface area contributed by atoms with Gasteiger partial charge in [-0.05, 0) is 28.3 Å². The van der Waals surface area contributed by atoms with Crippen LogP contribution in [0, 0.1) is 0 Å². The molecule has 0 unspecified atom stereocenters. The molecule has 0 bridgehead atoms. The maximum absolute atomic E-state index is 3.73. The summed E-state index contributed by atoms with van der Waals surface area (Å²) in [7, 11) is 0. The SMILES string of the molecule is BrCC1(CBr)C(c2ccccc2)=Cc2ccccc21. The van der Waals surface area contributed by atoms with Crippen LogP contribution >= 0.6 is 31.9 Å². The van der Waals surface area contributed by atoms with Gasteiger partial charge in [0.25, 0.3) is 0 Å². The Balaban J connectivity index is 2.21. The Morgan fingerprint density at radius 3 is 2.11 bits per heavy atom. The molecule has 0 nitrogen and oxygen atoms in total. The fourth-order valence-electron chi connectivity index (χ4n) is 2.80. The monoisotopic (exact) mass is 376 g/mol. The van der Waals surface area contributed by atoms with E-state index in [4.69, 9.17) is 0 Å². The summed E-state index contributed by atoms with van der Waals surface area (Å²) in [5.74, 6) is 0. The number of hydrogen-bond donors (Lipinski definition) is 0. The van der Waals surface area contributed by atoms with Crippen molar-refractivity contribution in [1.29, 1.82) is 0 Å². The van der Waals surface area contributed by atoms with Gasteiger partial charge in [-0.25, -0.2) is 0 Å². The molecule has 1 aliphatic rings. The second-order valence-corrected chi connectivity index (χ2v) is 5.98. The minimum Gasteiger partial charge on any atom is -0.0914 e. The summed E-state index contributed by atoms with van der Waals surface area (Å²) in [6, 6.07) is 19.3. The van der Waals surface area contributed by atoms with Crippen molar-refractivity contribution in [2.24, 2.45) is 0 Å². The smallest absolute Gasteiger partial charge is 0.0408 e. The molecule has 0 amide bonds. The van der Waals surface area contributed by atoms with Crippen molar-refractivity contribution in [3.63, 3.8) is 0 Å². The molecule has 0 saturated carbocycles. The van der Waals surface area contributed by atoms with Crippen molar-refractivity contribution in [1.82, 2.24) is 0 Å². The molecule has 0 atom stereocenters. The molecule has 0 aliphatic heterocycles. The second-order valence-electron chi connectivity index (χ2n) is 4.86. The van der Waals surface area contributed by atoms with Gasteiger partial charge in [-0.3, -0.25) is 0 Å². The number of rotatable bonds is 3. The van der Waals surface area contributed by atoms with Crippen LogP contribution < -0.4 is 0 Å². The molecule has 2 aromatic rings. The van der Waals surface area contributed by atoms with E-state index in [0.29, 0.717) is 0 Å². The number of allylic oxidation sites excluding steroid dienone is 1. The van der Waals surface area contributed by atoms with E-state index in [1.807, 2.05) is 0 Å². The molecule has 0 radical (unpaired) electrons. The Kier molecular flexibility index (Phi) is 3.64. The van der Waals surface area contributed by atoms with Crippen LogP contribution in [0.3, 0.4) is 0 Å².